The second-order valence-corrected chi connectivity index (χ2v) is 11.5. The molecule has 0 unspecified atom stereocenters. The Balaban J connectivity index is 1.32. The van der Waals surface area contributed by atoms with Crippen molar-refractivity contribution in [1.82, 2.24) is 19.9 Å². The van der Waals surface area contributed by atoms with Gasteiger partial charge in [-0.05, 0) is 74.5 Å². The summed E-state index contributed by atoms with van der Waals surface area (Å²) in [6, 6.07) is 8.24. The van der Waals surface area contributed by atoms with Crippen LogP contribution in [0.15, 0.2) is 30.5 Å². The van der Waals surface area contributed by atoms with Gasteiger partial charge in [0.2, 0.25) is 0 Å². The summed E-state index contributed by atoms with van der Waals surface area (Å²) in [6.07, 6.45) is 10.8. The Hall–Kier alpha value is -3.17. The van der Waals surface area contributed by atoms with E-state index >= 15 is 0 Å². The summed E-state index contributed by atoms with van der Waals surface area (Å²) in [5.74, 6) is 2.61. The van der Waals surface area contributed by atoms with Crippen molar-refractivity contribution >= 4 is 23.2 Å². The Morgan fingerprint density at radius 1 is 1.13 bits per heavy atom. The first kappa shape index (κ1) is 26.1. The van der Waals surface area contributed by atoms with E-state index in [1.807, 2.05) is 41.9 Å². The van der Waals surface area contributed by atoms with E-state index < -0.39 is 0 Å². The van der Waals surface area contributed by atoms with Crippen molar-refractivity contribution in [3.05, 3.63) is 41.6 Å². The summed E-state index contributed by atoms with van der Waals surface area (Å²) < 4.78 is 7.41. The molecule has 9 heteroatoms. The van der Waals surface area contributed by atoms with Gasteiger partial charge in [-0.15, -0.1) is 0 Å². The zero-order chi connectivity index (χ0) is 26.8. The Morgan fingerprint density at radius 3 is 2.64 bits per heavy atom. The van der Waals surface area contributed by atoms with Crippen molar-refractivity contribution in [3.63, 3.8) is 0 Å². The van der Waals surface area contributed by atoms with E-state index in [1.165, 1.54) is 12.8 Å². The third-order valence-corrected chi connectivity index (χ3v) is 8.58. The van der Waals surface area contributed by atoms with Gasteiger partial charge in [0.25, 0.3) is 5.91 Å². The Labute approximate surface area is 229 Å². The van der Waals surface area contributed by atoms with Gasteiger partial charge in [0, 0.05) is 43.0 Å². The molecule has 0 radical (unpaired) electrons. The normalized spacial score (nSPS) is 19.3. The van der Waals surface area contributed by atoms with Gasteiger partial charge in [-0.3, -0.25) is 4.79 Å². The SMILES string of the molecule is Cc1cc(-c2cnn3c(NCC4CCOCC4)cc(N[C@H](CO)C4CCCC4)nc23)ccc1C(=O)NC1CC1. The average molecular weight is 533 g/mol. The van der Waals surface area contributed by atoms with E-state index in [0.29, 0.717) is 23.4 Å². The first-order valence-corrected chi connectivity index (χ1v) is 14.6. The molecule has 1 atom stereocenters. The number of nitrogens with one attached hydrogen (secondary N) is 3. The molecule has 2 aliphatic carbocycles. The topological polar surface area (TPSA) is 113 Å². The molecule has 2 saturated carbocycles. The number of fused-ring (bicyclic) bond motifs is 1. The first-order chi connectivity index (χ1) is 19.1. The highest BCUT2D eigenvalue weighted by atomic mass is 16.5. The lowest BCUT2D eigenvalue weighted by molar-refractivity contribution is 0.0699. The minimum Gasteiger partial charge on any atom is -0.394 e. The lowest BCUT2D eigenvalue weighted by Gasteiger charge is -2.25. The number of aryl methyl sites for hydroxylation is 1. The maximum Gasteiger partial charge on any atom is 0.251 e. The minimum atomic E-state index is -0.0244. The predicted molar refractivity (Wildman–Crippen MR) is 152 cm³/mol. The molecule has 3 fully saturated rings. The van der Waals surface area contributed by atoms with Crippen LogP contribution in [0.5, 0.6) is 0 Å². The molecule has 0 spiro atoms. The Kier molecular flexibility index (Phi) is 7.70. The van der Waals surface area contributed by atoms with Crippen LogP contribution in [0.3, 0.4) is 0 Å². The molecule has 3 aliphatic rings. The van der Waals surface area contributed by atoms with Crippen LogP contribution in [0.2, 0.25) is 0 Å². The van der Waals surface area contributed by atoms with Crippen molar-refractivity contribution in [3.8, 4) is 11.1 Å². The van der Waals surface area contributed by atoms with Gasteiger partial charge in [0.15, 0.2) is 5.65 Å². The van der Waals surface area contributed by atoms with Gasteiger partial charge in [0.1, 0.15) is 11.6 Å². The highest BCUT2D eigenvalue weighted by Gasteiger charge is 2.26. The van der Waals surface area contributed by atoms with Crippen molar-refractivity contribution in [2.24, 2.45) is 11.8 Å². The predicted octanol–water partition coefficient (Wildman–Crippen LogP) is 4.40. The summed E-state index contributed by atoms with van der Waals surface area (Å²) >= 11 is 0. The fourth-order valence-electron chi connectivity index (χ4n) is 6.00. The number of carbonyl (C=O) groups excluding carboxylic acids is 1. The van der Waals surface area contributed by atoms with Gasteiger partial charge in [-0.1, -0.05) is 25.0 Å². The molecular formula is C30H40N6O3. The number of aliphatic hydroxyl groups is 1. The molecule has 1 aliphatic heterocycles. The summed E-state index contributed by atoms with van der Waals surface area (Å²) in [5.41, 5.74) is 4.26. The number of anilines is 2. The van der Waals surface area contributed by atoms with E-state index in [1.54, 1.807) is 0 Å². The van der Waals surface area contributed by atoms with Gasteiger partial charge < -0.3 is 25.8 Å². The Bertz CT molecular complexity index is 1310. The van der Waals surface area contributed by atoms with Gasteiger partial charge >= 0.3 is 0 Å². The van der Waals surface area contributed by atoms with Crippen LogP contribution in [-0.2, 0) is 4.74 Å². The fourth-order valence-corrected chi connectivity index (χ4v) is 6.00. The largest absolute Gasteiger partial charge is 0.394 e. The lowest BCUT2D eigenvalue weighted by Crippen LogP contribution is -2.31. The third kappa shape index (κ3) is 5.89. The maximum absolute atomic E-state index is 12.7. The van der Waals surface area contributed by atoms with Crippen molar-refractivity contribution in [1.29, 1.82) is 0 Å². The van der Waals surface area contributed by atoms with Crippen LogP contribution >= 0.6 is 0 Å². The van der Waals surface area contributed by atoms with E-state index in [4.69, 9.17) is 14.8 Å². The molecule has 3 heterocycles. The number of amides is 1. The molecule has 1 aromatic carbocycles. The molecular weight excluding hydrogens is 492 g/mol. The van der Waals surface area contributed by atoms with Gasteiger partial charge in [-0.25, -0.2) is 4.98 Å². The number of rotatable bonds is 10. The number of benzene rings is 1. The zero-order valence-electron chi connectivity index (χ0n) is 22.8. The number of nitrogens with zero attached hydrogens (tertiary/aromatic N) is 3. The van der Waals surface area contributed by atoms with Gasteiger partial charge in [0.05, 0.1) is 18.8 Å². The van der Waals surface area contributed by atoms with Crippen molar-refractivity contribution in [2.45, 2.75) is 70.4 Å². The van der Waals surface area contributed by atoms with Crippen LogP contribution in [0, 0.1) is 18.8 Å². The molecule has 6 rings (SSSR count). The van der Waals surface area contributed by atoms with Crippen LogP contribution in [-0.4, -0.2) is 64.1 Å². The minimum absolute atomic E-state index is 0.00687. The lowest BCUT2D eigenvalue weighted by atomic mass is 9.99. The van der Waals surface area contributed by atoms with Crippen LogP contribution in [0.1, 0.15) is 67.3 Å². The standard InChI is InChI=1S/C30H40N6O3/c1-19-14-22(6-9-24(19)30(38)33-23-7-8-23)25-17-32-36-28(31-16-20-10-12-39-13-11-20)15-27(35-29(25)36)34-26(18-37)21-4-2-3-5-21/h6,9,14-15,17,20-21,23,26,31,37H,2-5,7-8,10-13,16,18H2,1H3,(H,33,38)(H,34,35)/t26-/m1/s1. The second kappa shape index (κ2) is 11.5. The fraction of sp³-hybridized carbons (Fsp3) is 0.567. The van der Waals surface area contributed by atoms with Crippen LogP contribution < -0.4 is 16.0 Å². The molecule has 39 heavy (non-hydrogen) atoms. The molecule has 9 nitrogen and oxygen atoms in total. The third-order valence-electron chi connectivity index (χ3n) is 8.58. The summed E-state index contributed by atoms with van der Waals surface area (Å²) in [6.45, 7) is 4.52. The molecule has 3 aromatic rings. The molecule has 4 N–H and O–H groups in total. The number of carbonyl (C=O) groups is 1. The number of hydrogen-bond donors (Lipinski definition) is 4. The van der Waals surface area contributed by atoms with Crippen molar-refractivity contribution in [2.75, 3.05) is 37.0 Å². The van der Waals surface area contributed by atoms with E-state index in [0.717, 1.165) is 92.3 Å². The average Bonchev–Trinajstić information content (AvgIpc) is 3.41. The number of ether oxygens (including phenoxy) is 1. The highest BCUT2D eigenvalue weighted by molar-refractivity contribution is 5.97. The second-order valence-electron chi connectivity index (χ2n) is 11.5. The quantitative estimate of drug-likeness (QED) is 0.306. The first-order valence-electron chi connectivity index (χ1n) is 14.6. The van der Waals surface area contributed by atoms with Gasteiger partial charge in [-0.2, -0.15) is 9.61 Å². The smallest absolute Gasteiger partial charge is 0.251 e. The summed E-state index contributed by atoms with van der Waals surface area (Å²) in [7, 11) is 0. The van der Waals surface area contributed by atoms with E-state index in [9.17, 15) is 9.90 Å². The Morgan fingerprint density at radius 2 is 1.92 bits per heavy atom. The molecule has 0 bridgehead atoms. The van der Waals surface area contributed by atoms with E-state index in [-0.39, 0.29) is 18.6 Å². The molecule has 1 saturated heterocycles. The number of hydrogen-bond acceptors (Lipinski definition) is 7. The van der Waals surface area contributed by atoms with Crippen LogP contribution in [0.4, 0.5) is 11.6 Å². The monoisotopic (exact) mass is 532 g/mol. The number of aliphatic hydroxyl groups excluding tert-OH is 1. The molecule has 2 aromatic heterocycles. The summed E-state index contributed by atoms with van der Waals surface area (Å²) in [5, 5.41) is 25.2. The summed E-state index contributed by atoms with van der Waals surface area (Å²) in [4.78, 5) is 17.7. The zero-order valence-corrected chi connectivity index (χ0v) is 22.8. The molecule has 208 valence electrons. The van der Waals surface area contributed by atoms with E-state index in [2.05, 4.69) is 16.0 Å². The van der Waals surface area contributed by atoms with Crippen molar-refractivity contribution < 1.29 is 14.6 Å². The van der Waals surface area contributed by atoms with Crippen LogP contribution in [0.25, 0.3) is 16.8 Å². The molecule has 1 amide bonds. The maximum atomic E-state index is 12.7. The highest BCUT2D eigenvalue weighted by Crippen LogP contribution is 2.32. The number of aromatic nitrogens is 3.